The van der Waals surface area contributed by atoms with Crippen molar-refractivity contribution < 1.29 is 23.1 Å². The first-order valence-corrected chi connectivity index (χ1v) is 10.7. The number of ether oxygens (including phenoxy) is 1. The van der Waals surface area contributed by atoms with E-state index < -0.39 is 25.0 Å². The number of aromatic nitrogens is 3. The Morgan fingerprint density at radius 2 is 1.94 bits per heavy atom. The summed E-state index contributed by atoms with van der Waals surface area (Å²) < 4.78 is 30.2. The third kappa shape index (κ3) is 5.54. The lowest BCUT2D eigenvalue weighted by molar-refractivity contribution is -0.117. The van der Waals surface area contributed by atoms with Crippen molar-refractivity contribution in [2.24, 2.45) is 5.92 Å². The molecule has 1 unspecified atom stereocenters. The molecule has 4 rings (SSSR count). The molecule has 0 aliphatic heterocycles. The van der Waals surface area contributed by atoms with Gasteiger partial charge in [0.25, 0.3) is 12.3 Å². The number of rotatable bonds is 9. The van der Waals surface area contributed by atoms with Crippen molar-refractivity contribution in [1.29, 1.82) is 0 Å². The number of amides is 2. The first kappa shape index (κ1) is 22.0. The predicted molar refractivity (Wildman–Crippen MR) is 112 cm³/mol. The van der Waals surface area contributed by atoms with Gasteiger partial charge in [-0.2, -0.15) is 0 Å². The second kappa shape index (κ2) is 9.13. The Morgan fingerprint density at radius 3 is 2.59 bits per heavy atom. The first-order valence-electron chi connectivity index (χ1n) is 10.7. The molecule has 8 nitrogen and oxygen atoms in total. The van der Waals surface area contributed by atoms with Gasteiger partial charge in [0.05, 0.1) is 6.04 Å². The summed E-state index contributed by atoms with van der Waals surface area (Å²) in [4.78, 5) is 37.4. The Labute approximate surface area is 184 Å². The van der Waals surface area contributed by atoms with Crippen molar-refractivity contribution >= 4 is 17.8 Å². The molecule has 2 amide bonds. The van der Waals surface area contributed by atoms with Crippen molar-refractivity contribution in [3.05, 3.63) is 40.8 Å². The maximum absolute atomic E-state index is 12.8. The fourth-order valence-electron chi connectivity index (χ4n) is 3.32. The first-order chi connectivity index (χ1) is 15.3. The van der Waals surface area contributed by atoms with Gasteiger partial charge in [-0.05, 0) is 63.1 Å². The maximum atomic E-state index is 12.8. The zero-order valence-electron chi connectivity index (χ0n) is 17.9. The van der Waals surface area contributed by atoms with Crippen LogP contribution in [0.2, 0.25) is 0 Å². The number of alkyl halides is 2. The van der Waals surface area contributed by atoms with Crippen LogP contribution in [-0.4, -0.2) is 39.8 Å². The molecule has 0 spiro atoms. The molecule has 0 bridgehead atoms. The quantitative estimate of drug-likeness (QED) is 0.612. The Balaban J connectivity index is 1.45. The van der Waals surface area contributed by atoms with E-state index in [2.05, 4.69) is 25.6 Å². The van der Waals surface area contributed by atoms with Crippen LogP contribution in [-0.2, 0) is 4.79 Å². The summed E-state index contributed by atoms with van der Waals surface area (Å²) in [5, 5.41) is 5.53. The van der Waals surface area contributed by atoms with Crippen LogP contribution in [0.4, 0.5) is 14.7 Å². The summed E-state index contributed by atoms with van der Waals surface area (Å²) in [5.41, 5.74) is 2.22. The van der Waals surface area contributed by atoms with Gasteiger partial charge in [0, 0.05) is 23.4 Å². The highest BCUT2D eigenvalue weighted by atomic mass is 19.3. The average molecular weight is 445 g/mol. The molecule has 2 aliphatic carbocycles. The van der Waals surface area contributed by atoms with Crippen molar-refractivity contribution in [3.63, 3.8) is 0 Å². The fraction of sp³-hybridized carbons (Fsp3) is 0.500. The SMILES string of the molecule is Cc1cc(C(=O)NC(C)c2cnc(OCC(F)F)c(C3CC3)c2)nc(NC(=O)C2CC2)n1. The molecule has 0 aromatic carbocycles. The molecule has 32 heavy (non-hydrogen) atoms. The Morgan fingerprint density at radius 1 is 1.19 bits per heavy atom. The summed E-state index contributed by atoms with van der Waals surface area (Å²) in [6.45, 7) is 2.82. The summed E-state index contributed by atoms with van der Waals surface area (Å²) in [5.74, 6) is 0.00643. The van der Waals surface area contributed by atoms with Crippen LogP contribution in [0.5, 0.6) is 5.88 Å². The highest BCUT2D eigenvalue weighted by Gasteiger charge is 2.31. The van der Waals surface area contributed by atoms with E-state index in [0.29, 0.717) is 5.69 Å². The van der Waals surface area contributed by atoms with Crippen LogP contribution in [0.1, 0.15) is 71.9 Å². The summed E-state index contributed by atoms with van der Waals surface area (Å²) in [6, 6.07) is 2.99. The lowest BCUT2D eigenvalue weighted by Crippen LogP contribution is -2.28. The zero-order chi connectivity index (χ0) is 22.8. The largest absolute Gasteiger partial charge is 0.471 e. The van der Waals surface area contributed by atoms with E-state index in [1.807, 2.05) is 6.07 Å². The minimum atomic E-state index is -2.57. The maximum Gasteiger partial charge on any atom is 0.272 e. The summed E-state index contributed by atoms with van der Waals surface area (Å²) in [7, 11) is 0. The molecule has 170 valence electrons. The van der Waals surface area contributed by atoms with E-state index >= 15 is 0 Å². The molecular weight excluding hydrogens is 420 g/mol. The van der Waals surface area contributed by atoms with Gasteiger partial charge < -0.3 is 10.1 Å². The van der Waals surface area contributed by atoms with E-state index in [1.165, 1.54) is 6.20 Å². The van der Waals surface area contributed by atoms with E-state index in [-0.39, 0.29) is 35.3 Å². The number of hydrogen-bond acceptors (Lipinski definition) is 6. The Kier molecular flexibility index (Phi) is 6.29. The second-order valence-corrected chi connectivity index (χ2v) is 8.32. The monoisotopic (exact) mass is 445 g/mol. The number of carbonyl (C=O) groups is 2. The number of aryl methyl sites for hydroxylation is 1. The molecule has 10 heteroatoms. The predicted octanol–water partition coefficient (Wildman–Crippen LogP) is 3.54. The van der Waals surface area contributed by atoms with Crippen LogP contribution in [0.3, 0.4) is 0 Å². The minimum absolute atomic E-state index is 0.00257. The molecule has 2 aromatic heterocycles. The Bertz CT molecular complexity index is 1020. The van der Waals surface area contributed by atoms with Gasteiger partial charge in [-0.25, -0.2) is 23.7 Å². The molecule has 2 saturated carbocycles. The zero-order valence-corrected chi connectivity index (χ0v) is 17.9. The smallest absolute Gasteiger partial charge is 0.272 e. The molecule has 0 radical (unpaired) electrons. The number of hydrogen-bond donors (Lipinski definition) is 2. The molecule has 2 aliphatic rings. The number of pyridine rings is 1. The second-order valence-electron chi connectivity index (χ2n) is 8.32. The highest BCUT2D eigenvalue weighted by Crippen LogP contribution is 2.44. The van der Waals surface area contributed by atoms with Crippen molar-refractivity contribution in [2.75, 3.05) is 11.9 Å². The normalized spacial score (nSPS) is 16.5. The lowest BCUT2D eigenvalue weighted by atomic mass is 10.1. The van der Waals surface area contributed by atoms with Crippen molar-refractivity contribution in [2.45, 2.75) is 57.9 Å². The van der Waals surface area contributed by atoms with Gasteiger partial charge in [0.2, 0.25) is 17.7 Å². The van der Waals surface area contributed by atoms with Crippen LogP contribution >= 0.6 is 0 Å². The summed E-state index contributed by atoms with van der Waals surface area (Å²) >= 11 is 0. The average Bonchev–Trinajstić information content (AvgIpc) is 3.63. The van der Waals surface area contributed by atoms with Gasteiger partial charge in [-0.15, -0.1) is 0 Å². The fourth-order valence-corrected chi connectivity index (χ4v) is 3.32. The van der Waals surface area contributed by atoms with Gasteiger partial charge in [0.1, 0.15) is 5.69 Å². The van der Waals surface area contributed by atoms with E-state index in [1.54, 1.807) is 19.9 Å². The van der Waals surface area contributed by atoms with Gasteiger partial charge in [0.15, 0.2) is 6.61 Å². The molecule has 2 heterocycles. The van der Waals surface area contributed by atoms with E-state index in [0.717, 1.165) is 36.8 Å². The van der Waals surface area contributed by atoms with Gasteiger partial charge in [-0.1, -0.05) is 0 Å². The molecule has 2 aromatic rings. The number of anilines is 1. The number of nitrogens with zero attached hydrogens (tertiary/aromatic N) is 3. The third-order valence-corrected chi connectivity index (χ3v) is 5.38. The minimum Gasteiger partial charge on any atom is -0.471 e. The van der Waals surface area contributed by atoms with Crippen LogP contribution in [0.25, 0.3) is 0 Å². The lowest BCUT2D eigenvalue weighted by Gasteiger charge is -2.17. The molecular formula is C22H25F2N5O3. The third-order valence-electron chi connectivity index (χ3n) is 5.38. The van der Waals surface area contributed by atoms with E-state index in [4.69, 9.17) is 4.74 Å². The van der Waals surface area contributed by atoms with Crippen molar-refractivity contribution in [1.82, 2.24) is 20.3 Å². The topological polar surface area (TPSA) is 106 Å². The molecule has 1 atom stereocenters. The van der Waals surface area contributed by atoms with Crippen LogP contribution < -0.4 is 15.4 Å². The van der Waals surface area contributed by atoms with Gasteiger partial charge in [-0.3, -0.25) is 14.9 Å². The highest BCUT2D eigenvalue weighted by molar-refractivity contribution is 5.95. The van der Waals surface area contributed by atoms with Crippen molar-refractivity contribution in [3.8, 4) is 5.88 Å². The molecule has 2 fully saturated rings. The van der Waals surface area contributed by atoms with Crippen LogP contribution in [0, 0.1) is 12.8 Å². The Hall–Kier alpha value is -3.17. The van der Waals surface area contributed by atoms with Crippen LogP contribution in [0.15, 0.2) is 18.3 Å². The molecule has 2 N–H and O–H groups in total. The molecule has 0 saturated heterocycles. The number of nitrogens with one attached hydrogen (secondary N) is 2. The number of halogens is 2. The number of carbonyl (C=O) groups excluding carboxylic acids is 2. The van der Waals surface area contributed by atoms with Gasteiger partial charge >= 0.3 is 0 Å². The standard InChI is InChI=1S/C22H25F2N5O3/c1-11-7-17(28-22(26-11)29-19(30)14-5-6-14)20(31)27-12(2)15-8-16(13-3-4-13)21(25-9-15)32-10-18(23)24/h7-9,12-14,18H,3-6,10H2,1-2H3,(H,27,31)(H,26,28,29,30). The summed E-state index contributed by atoms with van der Waals surface area (Å²) in [6.07, 6.45) is 2.55. The van der Waals surface area contributed by atoms with E-state index in [9.17, 15) is 18.4 Å².